The van der Waals surface area contributed by atoms with Crippen LogP contribution in [-0.4, -0.2) is 29.0 Å². The Hall–Kier alpha value is -1.50. The molecule has 0 aromatic carbocycles. The maximum absolute atomic E-state index is 13.2. The number of halogens is 2. The van der Waals surface area contributed by atoms with E-state index in [2.05, 4.69) is 4.99 Å². The highest BCUT2D eigenvalue weighted by atomic mass is 19.2. The minimum Gasteiger partial charge on any atom is -0.480 e. The predicted octanol–water partition coefficient (Wildman–Crippen LogP) is 1.73. The van der Waals surface area contributed by atoms with Crippen LogP contribution < -0.4 is 11.5 Å². The Labute approximate surface area is 106 Å². The Bertz CT molecular complexity index is 335. The van der Waals surface area contributed by atoms with Gasteiger partial charge in [-0.2, -0.15) is 0 Å². The van der Waals surface area contributed by atoms with Crippen LogP contribution in [0.5, 0.6) is 0 Å². The molecular weight excluding hydrogens is 244 g/mol. The third-order valence-corrected chi connectivity index (χ3v) is 1.77. The van der Waals surface area contributed by atoms with Crippen LogP contribution in [0.15, 0.2) is 16.6 Å². The Morgan fingerprint density at radius 3 is 2.11 bits per heavy atom. The van der Waals surface area contributed by atoms with E-state index in [1.807, 2.05) is 13.8 Å². The van der Waals surface area contributed by atoms with Gasteiger partial charge in [0, 0.05) is 6.42 Å². The van der Waals surface area contributed by atoms with Crippen molar-refractivity contribution < 1.29 is 18.7 Å². The van der Waals surface area contributed by atoms with E-state index in [1.165, 1.54) is 6.92 Å². The summed E-state index contributed by atoms with van der Waals surface area (Å²) in [5.41, 5.74) is 8.54. The van der Waals surface area contributed by atoms with E-state index >= 15 is 0 Å². The smallest absolute Gasteiger partial charge is 0.323 e. The summed E-state index contributed by atoms with van der Waals surface area (Å²) in [7, 11) is 0. The maximum Gasteiger partial charge on any atom is 0.323 e. The van der Waals surface area contributed by atoms with E-state index in [0.29, 0.717) is 0 Å². The summed E-state index contributed by atoms with van der Waals surface area (Å²) in [6.45, 7) is 5.97. The van der Waals surface area contributed by atoms with Gasteiger partial charge >= 0.3 is 5.97 Å². The van der Waals surface area contributed by atoms with Gasteiger partial charge in [0.05, 0.1) is 12.4 Å². The van der Waals surface area contributed by atoms with Crippen molar-refractivity contribution in [1.82, 2.24) is 0 Å². The second-order valence-electron chi connectivity index (χ2n) is 3.67. The van der Waals surface area contributed by atoms with Gasteiger partial charge in [-0.05, 0) is 13.8 Å². The zero-order chi connectivity index (χ0) is 14.9. The minimum atomic E-state index is -1.84. The van der Waals surface area contributed by atoms with E-state index in [0.717, 1.165) is 6.92 Å². The molecule has 0 heterocycles. The molecule has 0 spiro atoms. The number of carboxylic acids is 1. The van der Waals surface area contributed by atoms with Gasteiger partial charge in [-0.3, -0.25) is 9.79 Å². The number of hydrogen-bond donors (Lipinski definition) is 3. The number of aliphatic carboxylic acids is 1. The molecule has 0 aromatic heterocycles. The Kier molecular flexibility index (Phi) is 8.98. The molecule has 0 aliphatic rings. The number of nitrogens with two attached hydrogens (primary N) is 2. The summed E-state index contributed by atoms with van der Waals surface area (Å²) < 4.78 is 26.2. The second kappa shape index (κ2) is 8.57. The van der Waals surface area contributed by atoms with Gasteiger partial charge in [0.15, 0.2) is 5.83 Å². The molecule has 0 saturated heterocycles. The topological polar surface area (TPSA) is 102 Å². The van der Waals surface area contributed by atoms with E-state index < -0.39 is 36.1 Å². The average Bonchev–Trinajstić information content (AvgIpc) is 2.27. The summed E-state index contributed by atoms with van der Waals surface area (Å²) in [6, 6.07) is 0. The van der Waals surface area contributed by atoms with Crippen molar-refractivity contribution in [2.75, 3.05) is 6.54 Å². The molecule has 0 aromatic rings. The lowest BCUT2D eigenvalue weighted by atomic mass is 9.98. The van der Waals surface area contributed by atoms with Crippen molar-refractivity contribution in [1.29, 1.82) is 0 Å². The lowest BCUT2D eigenvalue weighted by Gasteiger charge is -2.17. The van der Waals surface area contributed by atoms with Crippen molar-refractivity contribution in [3.05, 3.63) is 11.7 Å². The van der Waals surface area contributed by atoms with Crippen molar-refractivity contribution in [3.63, 3.8) is 0 Å². The summed E-state index contributed by atoms with van der Waals surface area (Å²) in [5.74, 6) is -3.69. The van der Waals surface area contributed by atoms with Crippen molar-refractivity contribution in [3.8, 4) is 0 Å². The zero-order valence-corrected chi connectivity index (χ0v) is 11.1. The summed E-state index contributed by atoms with van der Waals surface area (Å²) >= 11 is 0. The zero-order valence-electron chi connectivity index (χ0n) is 11.1. The molecule has 0 saturated carbocycles. The molecule has 0 rings (SSSR count). The summed E-state index contributed by atoms with van der Waals surface area (Å²) in [5, 5.41) is 8.61. The number of rotatable bonds is 5. The first-order chi connectivity index (χ1) is 8.16. The van der Waals surface area contributed by atoms with Gasteiger partial charge in [-0.15, -0.1) is 0 Å². The van der Waals surface area contributed by atoms with Gasteiger partial charge < -0.3 is 16.6 Å². The molecule has 0 amide bonds. The number of aliphatic imine (C=N–C) groups is 1. The molecule has 18 heavy (non-hydrogen) atoms. The first kappa shape index (κ1) is 18.9. The quantitative estimate of drug-likeness (QED) is 0.520. The highest BCUT2D eigenvalue weighted by Gasteiger charge is 2.30. The molecule has 106 valence electrons. The third kappa shape index (κ3) is 7.72. The van der Waals surface area contributed by atoms with Gasteiger partial charge in [0.2, 0.25) is 0 Å². The van der Waals surface area contributed by atoms with Gasteiger partial charge in [0.1, 0.15) is 11.4 Å². The lowest BCUT2D eigenvalue weighted by molar-refractivity contribution is -0.142. The van der Waals surface area contributed by atoms with Gasteiger partial charge in [0.25, 0.3) is 0 Å². The van der Waals surface area contributed by atoms with E-state index in [4.69, 9.17) is 16.6 Å². The molecule has 1 atom stereocenters. The molecule has 0 aliphatic carbocycles. The van der Waals surface area contributed by atoms with Crippen LogP contribution in [0.3, 0.4) is 0 Å². The van der Waals surface area contributed by atoms with Crippen LogP contribution in [0.4, 0.5) is 8.78 Å². The minimum absolute atomic E-state index is 0.108. The van der Waals surface area contributed by atoms with Crippen LogP contribution in [0.2, 0.25) is 0 Å². The van der Waals surface area contributed by atoms with Crippen molar-refractivity contribution in [2.24, 2.45) is 16.5 Å². The maximum atomic E-state index is 13.2. The molecule has 7 heteroatoms. The van der Waals surface area contributed by atoms with E-state index in [-0.39, 0.29) is 5.84 Å². The highest BCUT2D eigenvalue weighted by molar-refractivity contribution is 5.78. The Morgan fingerprint density at radius 2 is 1.78 bits per heavy atom. The highest BCUT2D eigenvalue weighted by Crippen LogP contribution is 2.19. The summed E-state index contributed by atoms with van der Waals surface area (Å²) in [6.07, 6.45) is -0.729. The predicted molar refractivity (Wildman–Crippen MR) is 67.6 cm³/mol. The number of nitrogens with zero attached hydrogens (tertiary/aromatic N) is 1. The number of hydrogen-bond acceptors (Lipinski definition) is 3. The standard InChI is InChI=1S/C9H15F2N3O2.C2H6/c1-5(12)14-4-7(11)6(10)3-9(2,13)8(15)16;1-2/h3-4,13H2,1-2H3,(H2,12,14)(H,15,16);1-2H3/b7-6+;/t9-;/m0./s1. The molecule has 0 aliphatic heterocycles. The lowest BCUT2D eigenvalue weighted by Crippen LogP contribution is -2.44. The molecule has 5 nitrogen and oxygen atoms in total. The number of carboxylic acid groups (broad SMARTS) is 1. The van der Waals surface area contributed by atoms with Crippen LogP contribution in [0.25, 0.3) is 0 Å². The normalized spacial score (nSPS) is 16.1. The van der Waals surface area contributed by atoms with Gasteiger partial charge in [-0.25, -0.2) is 8.78 Å². The van der Waals surface area contributed by atoms with Crippen LogP contribution in [0.1, 0.15) is 34.1 Å². The molecule has 0 unspecified atom stereocenters. The van der Waals surface area contributed by atoms with Crippen LogP contribution in [-0.2, 0) is 4.79 Å². The molecule has 0 bridgehead atoms. The van der Waals surface area contributed by atoms with Crippen LogP contribution in [0, 0.1) is 0 Å². The van der Waals surface area contributed by atoms with Crippen LogP contribution >= 0.6 is 0 Å². The SMILES string of the molecule is CC.CC(N)=NC/C(F)=C(\F)C[C@](C)(N)C(=O)O. The fourth-order valence-electron chi connectivity index (χ4n) is 0.774. The second-order valence-corrected chi connectivity index (χ2v) is 3.67. The fourth-order valence-corrected chi connectivity index (χ4v) is 0.774. The summed E-state index contributed by atoms with van der Waals surface area (Å²) in [4.78, 5) is 14.0. The first-order valence-electron chi connectivity index (χ1n) is 5.48. The van der Waals surface area contributed by atoms with Crippen molar-refractivity contribution >= 4 is 11.8 Å². The largest absolute Gasteiger partial charge is 0.480 e. The van der Waals surface area contributed by atoms with E-state index in [1.54, 1.807) is 0 Å². The Morgan fingerprint density at radius 1 is 1.33 bits per heavy atom. The van der Waals surface area contributed by atoms with Gasteiger partial charge in [-0.1, -0.05) is 13.8 Å². The van der Waals surface area contributed by atoms with E-state index in [9.17, 15) is 13.6 Å². The molecule has 5 N–H and O–H groups in total. The Balaban J connectivity index is 0. The number of amidine groups is 1. The average molecular weight is 265 g/mol. The molecule has 0 fully saturated rings. The third-order valence-electron chi connectivity index (χ3n) is 1.77. The molecular formula is C11H21F2N3O2. The fraction of sp³-hybridized carbons (Fsp3) is 0.636. The monoisotopic (exact) mass is 265 g/mol. The van der Waals surface area contributed by atoms with Crippen molar-refractivity contribution in [2.45, 2.75) is 39.7 Å². The number of carbonyl (C=O) groups is 1. The molecule has 0 radical (unpaired) electrons. The first-order valence-corrected chi connectivity index (χ1v) is 5.48.